The second-order valence-corrected chi connectivity index (χ2v) is 5.62. The minimum absolute atomic E-state index is 0.0243. The molecule has 2 N–H and O–H groups in total. The van der Waals surface area contributed by atoms with Crippen molar-refractivity contribution in [1.82, 2.24) is 20.1 Å². The van der Waals surface area contributed by atoms with Crippen LogP contribution in [0.5, 0.6) is 5.75 Å². The largest absolute Gasteiger partial charge is 0.505 e. The fraction of sp³-hybridized carbons (Fsp3) is 0.533. The smallest absolute Gasteiger partial charge is 0.273 e. The number of hydrogen-bond donors (Lipinski definition) is 2. The Morgan fingerprint density at radius 3 is 2.91 bits per heavy atom. The maximum absolute atomic E-state index is 12.1. The number of aromatic nitrogens is 1. The number of carbonyl (C=O) groups is 2. The molecular weight excluding hydrogens is 284 g/mol. The molecule has 0 radical (unpaired) electrons. The van der Waals surface area contributed by atoms with Gasteiger partial charge in [0.15, 0.2) is 5.69 Å². The summed E-state index contributed by atoms with van der Waals surface area (Å²) in [5.41, 5.74) is -0.0243. The fourth-order valence-electron chi connectivity index (χ4n) is 2.49. The van der Waals surface area contributed by atoms with Crippen molar-refractivity contribution in [2.45, 2.75) is 18.9 Å². The molecule has 2 heterocycles. The molecule has 1 unspecified atom stereocenters. The van der Waals surface area contributed by atoms with E-state index in [1.54, 1.807) is 6.07 Å². The van der Waals surface area contributed by atoms with E-state index in [0.29, 0.717) is 6.04 Å². The first-order chi connectivity index (χ1) is 10.5. The summed E-state index contributed by atoms with van der Waals surface area (Å²) >= 11 is 0. The van der Waals surface area contributed by atoms with E-state index in [-0.39, 0.29) is 30.3 Å². The van der Waals surface area contributed by atoms with Gasteiger partial charge in [-0.15, -0.1) is 0 Å². The third kappa shape index (κ3) is 3.94. The molecule has 1 aromatic heterocycles. The molecule has 0 bridgehead atoms. The van der Waals surface area contributed by atoms with Crippen LogP contribution in [0.1, 0.15) is 23.3 Å². The van der Waals surface area contributed by atoms with Gasteiger partial charge in [-0.3, -0.25) is 9.59 Å². The van der Waals surface area contributed by atoms with Crippen LogP contribution in [0, 0.1) is 0 Å². The Morgan fingerprint density at radius 2 is 2.27 bits per heavy atom. The van der Waals surface area contributed by atoms with Gasteiger partial charge in [0.1, 0.15) is 5.75 Å². The fourth-order valence-corrected chi connectivity index (χ4v) is 2.49. The highest BCUT2D eigenvalue weighted by Gasteiger charge is 2.27. The molecule has 2 amide bonds. The highest BCUT2D eigenvalue weighted by Crippen LogP contribution is 2.14. The molecule has 1 saturated heterocycles. The molecule has 1 atom stereocenters. The van der Waals surface area contributed by atoms with E-state index in [1.807, 2.05) is 19.0 Å². The van der Waals surface area contributed by atoms with Crippen molar-refractivity contribution in [3.8, 4) is 5.75 Å². The van der Waals surface area contributed by atoms with Crippen LogP contribution in [0.3, 0.4) is 0 Å². The number of hydrogen-bond acceptors (Lipinski definition) is 5. The van der Waals surface area contributed by atoms with E-state index in [1.165, 1.54) is 12.3 Å². The summed E-state index contributed by atoms with van der Waals surface area (Å²) in [6.45, 7) is 1.73. The third-order valence-corrected chi connectivity index (χ3v) is 3.87. The number of likely N-dealkylation sites (tertiary alicyclic amines) is 1. The maximum atomic E-state index is 12.1. The number of nitrogens with zero attached hydrogens (tertiary/aromatic N) is 3. The van der Waals surface area contributed by atoms with Gasteiger partial charge in [0, 0.05) is 38.3 Å². The summed E-state index contributed by atoms with van der Waals surface area (Å²) < 4.78 is 0. The summed E-state index contributed by atoms with van der Waals surface area (Å²) in [4.78, 5) is 31.7. The second-order valence-electron chi connectivity index (χ2n) is 5.62. The van der Waals surface area contributed by atoms with E-state index in [4.69, 9.17) is 0 Å². The molecule has 7 heteroatoms. The van der Waals surface area contributed by atoms with Gasteiger partial charge in [0.2, 0.25) is 5.91 Å². The Bertz CT molecular complexity index is 547. The topological polar surface area (TPSA) is 85.8 Å². The number of likely N-dealkylation sites (N-methyl/N-ethyl adjacent to an activating group) is 1. The maximum Gasteiger partial charge on any atom is 0.273 e. The van der Waals surface area contributed by atoms with Gasteiger partial charge in [-0.05, 0) is 32.6 Å². The average molecular weight is 306 g/mol. The van der Waals surface area contributed by atoms with Gasteiger partial charge in [-0.25, -0.2) is 4.98 Å². The summed E-state index contributed by atoms with van der Waals surface area (Å²) in [7, 11) is 4.02. The highest BCUT2D eigenvalue weighted by molar-refractivity contribution is 5.94. The number of carbonyl (C=O) groups excluding carboxylic acids is 2. The molecule has 2 rings (SSSR count). The van der Waals surface area contributed by atoms with Crippen LogP contribution >= 0.6 is 0 Å². The first-order valence-electron chi connectivity index (χ1n) is 7.35. The average Bonchev–Trinajstić information content (AvgIpc) is 2.97. The lowest BCUT2D eigenvalue weighted by atomic mass is 10.2. The van der Waals surface area contributed by atoms with E-state index >= 15 is 0 Å². The Morgan fingerprint density at radius 1 is 1.50 bits per heavy atom. The predicted molar refractivity (Wildman–Crippen MR) is 81.5 cm³/mol. The Hall–Kier alpha value is -2.15. The van der Waals surface area contributed by atoms with Crippen molar-refractivity contribution in [3.63, 3.8) is 0 Å². The predicted octanol–water partition coefficient (Wildman–Crippen LogP) is 0.0696. The van der Waals surface area contributed by atoms with E-state index < -0.39 is 5.91 Å². The van der Waals surface area contributed by atoms with E-state index in [9.17, 15) is 14.7 Å². The van der Waals surface area contributed by atoms with Gasteiger partial charge < -0.3 is 20.2 Å². The molecule has 1 aromatic rings. The van der Waals surface area contributed by atoms with Crippen LogP contribution in [0.4, 0.5) is 0 Å². The third-order valence-electron chi connectivity index (χ3n) is 3.87. The lowest BCUT2D eigenvalue weighted by Crippen LogP contribution is -2.36. The van der Waals surface area contributed by atoms with Crippen LogP contribution in [0.2, 0.25) is 0 Å². The first kappa shape index (κ1) is 16.2. The zero-order chi connectivity index (χ0) is 16.1. The zero-order valence-electron chi connectivity index (χ0n) is 13.0. The Labute approximate surface area is 129 Å². The number of pyridine rings is 1. The van der Waals surface area contributed by atoms with Crippen molar-refractivity contribution in [3.05, 3.63) is 24.0 Å². The van der Waals surface area contributed by atoms with Crippen LogP contribution in [-0.2, 0) is 4.79 Å². The molecule has 0 aliphatic carbocycles. The van der Waals surface area contributed by atoms with Gasteiger partial charge in [-0.1, -0.05) is 0 Å². The standard InChI is InChI=1S/C15H22N4O3/c1-18(2)11-6-9-19(10-11)13(21)5-8-17-15(22)14-12(20)4-3-7-16-14/h3-4,7,11,20H,5-6,8-10H2,1-2H3,(H,17,22). The molecule has 0 saturated carbocycles. The molecule has 7 nitrogen and oxygen atoms in total. The van der Waals surface area contributed by atoms with Crippen molar-refractivity contribution < 1.29 is 14.7 Å². The molecular formula is C15H22N4O3. The molecule has 22 heavy (non-hydrogen) atoms. The summed E-state index contributed by atoms with van der Waals surface area (Å²) in [5, 5.41) is 12.1. The lowest BCUT2D eigenvalue weighted by molar-refractivity contribution is -0.130. The van der Waals surface area contributed by atoms with Crippen LogP contribution in [0.25, 0.3) is 0 Å². The first-order valence-corrected chi connectivity index (χ1v) is 7.35. The molecule has 1 aliphatic rings. The zero-order valence-corrected chi connectivity index (χ0v) is 13.0. The lowest BCUT2D eigenvalue weighted by Gasteiger charge is -2.20. The van der Waals surface area contributed by atoms with Crippen molar-refractivity contribution >= 4 is 11.8 Å². The van der Waals surface area contributed by atoms with Crippen molar-refractivity contribution in [2.24, 2.45) is 0 Å². The van der Waals surface area contributed by atoms with Crippen LogP contribution in [-0.4, -0.2) is 71.5 Å². The Balaban J connectivity index is 1.76. The minimum atomic E-state index is -0.474. The molecule has 120 valence electrons. The Kier molecular flexibility index (Phi) is 5.32. The van der Waals surface area contributed by atoms with Gasteiger partial charge >= 0.3 is 0 Å². The van der Waals surface area contributed by atoms with E-state index in [0.717, 1.165) is 19.5 Å². The van der Waals surface area contributed by atoms with Gasteiger partial charge in [0.25, 0.3) is 5.91 Å². The van der Waals surface area contributed by atoms with E-state index in [2.05, 4.69) is 15.2 Å². The summed E-state index contributed by atoms with van der Waals surface area (Å²) in [6.07, 6.45) is 2.66. The normalized spacial score (nSPS) is 17.8. The molecule has 0 spiro atoms. The summed E-state index contributed by atoms with van der Waals surface area (Å²) in [6, 6.07) is 3.35. The van der Waals surface area contributed by atoms with Gasteiger partial charge in [0.05, 0.1) is 0 Å². The number of amides is 2. The van der Waals surface area contributed by atoms with Crippen LogP contribution < -0.4 is 5.32 Å². The molecule has 1 fully saturated rings. The minimum Gasteiger partial charge on any atom is -0.505 e. The number of rotatable bonds is 5. The number of nitrogens with one attached hydrogen (secondary N) is 1. The molecule has 0 aromatic carbocycles. The van der Waals surface area contributed by atoms with Crippen LogP contribution in [0.15, 0.2) is 18.3 Å². The number of aromatic hydroxyl groups is 1. The summed E-state index contributed by atoms with van der Waals surface area (Å²) in [5.74, 6) is -0.604. The SMILES string of the molecule is CN(C)C1CCN(C(=O)CCNC(=O)c2ncccc2O)C1. The molecule has 1 aliphatic heterocycles. The highest BCUT2D eigenvalue weighted by atomic mass is 16.3. The monoisotopic (exact) mass is 306 g/mol. The second kappa shape index (κ2) is 7.22. The van der Waals surface area contributed by atoms with Crippen molar-refractivity contribution in [1.29, 1.82) is 0 Å². The van der Waals surface area contributed by atoms with Gasteiger partial charge in [-0.2, -0.15) is 0 Å². The van der Waals surface area contributed by atoms with Crippen molar-refractivity contribution in [2.75, 3.05) is 33.7 Å². The quantitative estimate of drug-likeness (QED) is 0.804.